The Balaban J connectivity index is 4.71. The second-order valence-electron chi connectivity index (χ2n) is 4.61. The summed E-state index contributed by atoms with van der Waals surface area (Å²) in [5.74, 6) is -0.309. The molecule has 0 amide bonds. The van der Waals surface area contributed by atoms with Gasteiger partial charge in [0.15, 0.2) is 0 Å². The molecule has 0 aliphatic heterocycles. The summed E-state index contributed by atoms with van der Waals surface area (Å²) in [5, 5.41) is 9.45. The zero-order chi connectivity index (χ0) is 11.9. The number of carbonyl (C=O) groups is 1. The maximum atomic E-state index is 11.5. The third-order valence-electron chi connectivity index (χ3n) is 3.70. The number of hydrogen-bond donors (Lipinski definition) is 1. The molecule has 0 heterocycles. The molecule has 1 N–H and O–H groups in total. The molecule has 15 heavy (non-hydrogen) atoms. The predicted octanol–water partition coefficient (Wildman–Crippen LogP) is 4.09. The lowest BCUT2D eigenvalue weighted by Gasteiger charge is -2.34. The Morgan fingerprint density at radius 3 is 2.20 bits per heavy atom. The molecule has 0 radical (unpaired) electrons. The number of unbranched alkanes of at least 4 members (excludes halogenated alkanes) is 1. The predicted molar refractivity (Wildman–Crippen MR) is 64.0 cm³/mol. The molecule has 2 nitrogen and oxygen atoms in total. The van der Waals surface area contributed by atoms with E-state index in [1.807, 2.05) is 6.92 Å². The van der Waals surface area contributed by atoms with E-state index in [2.05, 4.69) is 20.8 Å². The molecule has 0 aliphatic rings. The fraction of sp³-hybridized carbons (Fsp3) is 0.923. The summed E-state index contributed by atoms with van der Waals surface area (Å²) in [6.07, 6.45) is 5.77. The molecular weight excluding hydrogens is 188 g/mol. The van der Waals surface area contributed by atoms with Crippen LogP contribution in [0.25, 0.3) is 0 Å². The van der Waals surface area contributed by atoms with Crippen molar-refractivity contribution < 1.29 is 9.90 Å². The fourth-order valence-corrected chi connectivity index (χ4v) is 2.44. The van der Waals surface area contributed by atoms with Crippen molar-refractivity contribution in [1.29, 1.82) is 0 Å². The Bertz CT molecular complexity index is 189. The molecule has 0 aromatic rings. The summed E-state index contributed by atoms with van der Waals surface area (Å²) in [7, 11) is 0. The van der Waals surface area contributed by atoms with Crippen LogP contribution < -0.4 is 0 Å². The van der Waals surface area contributed by atoms with Crippen molar-refractivity contribution in [2.24, 2.45) is 11.3 Å². The number of rotatable bonds is 8. The normalized spacial score (nSPS) is 17.1. The Morgan fingerprint density at radius 2 is 1.87 bits per heavy atom. The summed E-state index contributed by atoms with van der Waals surface area (Å²) in [5.41, 5.74) is -0.480. The van der Waals surface area contributed by atoms with Gasteiger partial charge in [-0.15, -0.1) is 0 Å². The van der Waals surface area contributed by atoms with Gasteiger partial charge in [0.05, 0.1) is 5.41 Å². The second-order valence-corrected chi connectivity index (χ2v) is 4.61. The average molecular weight is 214 g/mol. The summed E-state index contributed by atoms with van der Waals surface area (Å²) >= 11 is 0. The van der Waals surface area contributed by atoms with Gasteiger partial charge in [0.25, 0.3) is 0 Å². The van der Waals surface area contributed by atoms with Crippen LogP contribution in [0.2, 0.25) is 0 Å². The van der Waals surface area contributed by atoms with Crippen LogP contribution in [0.15, 0.2) is 0 Å². The van der Waals surface area contributed by atoms with Gasteiger partial charge >= 0.3 is 5.97 Å². The van der Waals surface area contributed by atoms with Gasteiger partial charge in [-0.2, -0.15) is 0 Å². The highest BCUT2D eigenvalue weighted by molar-refractivity contribution is 5.74. The molecule has 0 aliphatic carbocycles. The number of aliphatic carboxylic acids is 1. The van der Waals surface area contributed by atoms with Crippen LogP contribution in [0.5, 0.6) is 0 Å². The molecule has 2 unspecified atom stereocenters. The van der Waals surface area contributed by atoms with E-state index in [-0.39, 0.29) is 5.92 Å². The minimum absolute atomic E-state index is 0.288. The maximum absolute atomic E-state index is 11.5. The van der Waals surface area contributed by atoms with Crippen molar-refractivity contribution in [3.05, 3.63) is 0 Å². The van der Waals surface area contributed by atoms with Crippen molar-refractivity contribution in [2.75, 3.05) is 0 Å². The Morgan fingerprint density at radius 1 is 1.27 bits per heavy atom. The van der Waals surface area contributed by atoms with E-state index in [0.717, 1.165) is 38.5 Å². The van der Waals surface area contributed by atoms with E-state index in [9.17, 15) is 9.90 Å². The van der Waals surface area contributed by atoms with Crippen LogP contribution in [-0.2, 0) is 4.79 Å². The smallest absolute Gasteiger partial charge is 0.309 e. The Hall–Kier alpha value is -0.530. The zero-order valence-electron chi connectivity index (χ0n) is 10.7. The lowest BCUT2D eigenvalue weighted by Crippen LogP contribution is -2.37. The average Bonchev–Trinajstić information content (AvgIpc) is 2.19. The lowest BCUT2D eigenvalue weighted by molar-refractivity contribution is -0.153. The second kappa shape index (κ2) is 6.86. The van der Waals surface area contributed by atoms with Crippen LogP contribution in [0.4, 0.5) is 0 Å². The first-order valence-corrected chi connectivity index (χ1v) is 6.28. The number of carboxylic acids is 1. The van der Waals surface area contributed by atoms with Gasteiger partial charge in [-0.25, -0.2) is 0 Å². The van der Waals surface area contributed by atoms with Gasteiger partial charge in [0.2, 0.25) is 0 Å². The topological polar surface area (TPSA) is 37.3 Å². The van der Waals surface area contributed by atoms with Gasteiger partial charge < -0.3 is 5.11 Å². The minimum atomic E-state index is -0.598. The summed E-state index contributed by atoms with van der Waals surface area (Å²) < 4.78 is 0. The van der Waals surface area contributed by atoms with Crippen LogP contribution >= 0.6 is 0 Å². The van der Waals surface area contributed by atoms with E-state index < -0.39 is 11.4 Å². The summed E-state index contributed by atoms with van der Waals surface area (Å²) in [6.45, 7) is 8.35. The van der Waals surface area contributed by atoms with Crippen molar-refractivity contribution in [3.8, 4) is 0 Å². The first kappa shape index (κ1) is 14.5. The van der Waals surface area contributed by atoms with E-state index in [0.29, 0.717) is 0 Å². The summed E-state index contributed by atoms with van der Waals surface area (Å²) in [4.78, 5) is 11.5. The highest BCUT2D eigenvalue weighted by Gasteiger charge is 2.40. The maximum Gasteiger partial charge on any atom is 0.309 e. The SMILES string of the molecule is CCCCC(CC)(C(=O)O)C(C)CCC. The van der Waals surface area contributed by atoms with Crippen molar-refractivity contribution in [3.63, 3.8) is 0 Å². The Kier molecular flexibility index (Phi) is 6.62. The van der Waals surface area contributed by atoms with Crippen LogP contribution in [-0.4, -0.2) is 11.1 Å². The molecule has 0 aromatic heterocycles. The molecule has 0 fully saturated rings. The Labute approximate surface area is 94.1 Å². The molecule has 0 aromatic carbocycles. The van der Waals surface area contributed by atoms with Crippen molar-refractivity contribution in [1.82, 2.24) is 0 Å². The fourth-order valence-electron chi connectivity index (χ4n) is 2.44. The lowest BCUT2D eigenvalue weighted by atomic mass is 9.69. The highest BCUT2D eigenvalue weighted by Crippen LogP contribution is 2.39. The molecule has 2 heteroatoms. The molecule has 90 valence electrons. The van der Waals surface area contributed by atoms with Crippen LogP contribution in [0, 0.1) is 11.3 Å². The van der Waals surface area contributed by atoms with Gasteiger partial charge in [-0.3, -0.25) is 4.79 Å². The van der Waals surface area contributed by atoms with Crippen molar-refractivity contribution >= 4 is 5.97 Å². The largest absolute Gasteiger partial charge is 0.481 e. The van der Waals surface area contributed by atoms with E-state index in [1.54, 1.807) is 0 Å². The number of carboxylic acid groups (broad SMARTS) is 1. The molecule has 0 saturated carbocycles. The first-order valence-electron chi connectivity index (χ1n) is 6.28. The molecule has 2 atom stereocenters. The van der Waals surface area contributed by atoms with E-state index in [4.69, 9.17) is 0 Å². The van der Waals surface area contributed by atoms with Gasteiger partial charge in [-0.05, 0) is 25.2 Å². The third kappa shape index (κ3) is 3.51. The summed E-state index contributed by atoms with van der Waals surface area (Å²) in [6, 6.07) is 0. The van der Waals surface area contributed by atoms with Crippen LogP contribution in [0.1, 0.15) is 66.2 Å². The molecular formula is C13H26O2. The molecule has 0 rings (SSSR count). The highest BCUT2D eigenvalue weighted by atomic mass is 16.4. The standard InChI is InChI=1S/C13H26O2/c1-5-8-10-13(7-3,12(14)15)11(4)9-6-2/h11H,5-10H2,1-4H3,(H,14,15). The quantitative estimate of drug-likeness (QED) is 0.660. The minimum Gasteiger partial charge on any atom is -0.481 e. The zero-order valence-corrected chi connectivity index (χ0v) is 10.7. The first-order chi connectivity index (χ1) is 7.05. The van der Waals surface area contributed by atoms with E-state index in [1.165, 1.54) is 0 Å². The van der Waals surface area contributed by atoms with Gasteiger partial charge in [-0.1, -0.05) is 47.0 Å². The van der Waals surface area contributed by atoms with Crippen LogP contribution in [0.3, 0.4) is 0 Å². The third-order valence-corrected chi connectivity index (χ3v) is 3.70. The van der Waals surface area contributed by atoms with Gasteiger partial charge in [0, 0.05) is 0 Å². The molecule has 0 saturated heterocycles. The molecule has 0 spiro atoms. The molecule has 0 bridgehead atoms. The van der Waals surface area contributed by atoms with E-state index >= 15 is 0 Å². The number of hydrogen-bond acceptors (Lipinski definition) is 1. The monoisotopic (exact) mass is 214 g/mol. The van der Waals surface area contributed by atoms with Gasteiger partial charge in [0.1, 0.15) is 0 Å². The van der Waals surface area contributed by atoms with Crippen molar-refractivity contribution in [2.45, 2.75) is 66.2 Å².